The molecule has 0 bridgehead atoms. The molecule has 1 amide bonds. The number of amides is 1. The van der Waals surface area contributed by atoms with Crippen molar-refractivity contribution in [1.82, 2.24) is 5.32 Å². The summed E-state index contributed by atoms with van der Waals surface area (Å²) in [7, 11) is 0. The van der Waals surface area contributed by atoms with Crippen molar-refractivity contribution in [2.45, 2.75) is 38.4 Å². The zero-order valence-electron chi connectivity index (χ0n) is 8.42. The zero-order valence-corrected chi connectivity index (χ0v) is 9.31. The fourth-order valence-electron chi connectivity index (χ4n) is 1.21. The summed E-state index contributed by atoms with van der Waals surface area (Å²) in [4.78, 5) is 11.4. The highest BCUT2D eigenvalue weighted by Crippen LogP contribution is 2.31. The van der Waals surface area contributed by atoms with Gasteiger partial charge in [-0.05, 0) is 18.3 Å². The predicted molar refractivity (Wildman–Crippen MR) is 58.0 cm³/mol. The number of nitrogens with one attached hydrogen (secondary N) is 1. The smallest absolute Gasteiger partial charge is 0.233 e. The number of carbonyl (C=O) groups is 1. The highest BCUT2D eigenvalue weighted by atomic mass is 32.1. The van der Waals surface area contributed by atoms with Crippen molar-refractivity contribution in [1.29, 1.82) is 0 Å². The van der Waals surface area contributed by atoms with E-state index >= 15 is 0 Å². The molecule has 1 unspecified atom stereocenters. The SMILES string of the molecule is CC(C)C(S)C(=O)NCCC1CC1. The Labute approximate surface area is 85.9 Å². The van der Waals surface area contributed by atoms with E-state index in [4.69, 9.17) is 0 Å². The molecule has 76 valence electrons. The average Bonchev–Trinajstić information content (AvgIpc) is 2.86. The van der Waals surface area contributed by atoms with Crippen LogP contribution >= 0.6 is 12.6 Å². The lowest BCUT2D eigenvalue weighted by Gasteiger charge is -2.14. The Morgan fingerprint density at radius 3 is 2.62 bits per heavy atom. The standard InChI is InChI=1S/C10H19NOS/c1-7(2)9(13)10(12)11-6-5-8-3-4-8/h7-9,13H,3-6H2,1-2H3,(H,11,12). The minimum Gasteiger partial charge on any atom is -0.355 e. The van der Waals surface area contributed by atoms with Crippen LogP contribution in [0.5, 0.6) is 0 Å². The molecular weight excluding hydrogens is 182 g/mol. The predicted octanol–water partition coefficient (Wildman–Crippen LogP) is 1.86. The molecule has 1 aliphatic rings. The second-order valence-electron chi connectivity index (χ2n) is 4.21. The van der Waals surface area contributed by atoms with Gasteiger partial charge >= 0.3 is 0 Å². The molecule has 0 radical (unpaired) electrons. The molecule has 0 aromatic heterocycles. The van der Waals surface area contributed by atoms with Gasteiger partial charge in [0.25, 0.3) is 0 Å². The summed E-state index contributed by atoms with van der Waals surface area (Å²) in [6.45, 7) is 4.85. The van der Waals surface area contributed by atoms with Crippen LogP contribution in [0.3, 0.4) is 0 Å². The summed E-state index contributed by atoms with van der Waals surface area (Å²) < 4.78 is 0. The maximum Gasteiger partial charge on any atom is 0.233 e. The largest absolute Gasteiger partial charge is 0.355 e. The first kappa shape index (κ1) is 10.9. The van der Waals surface area contributed by atoms with Crippen molar-refractivity contribution in [3.8, 4) is 0 Å². The molecule has 2 nitrogen and oxygen atoms in total. The van der Waals surface area contributed by atoms with E-state index in [0.717, 1.165) is 18.9 Å². The molecule has 1 rings (SSSR count). The fraction of sp³-hybridized carbons (Fsp3) is 0.900. The summed E-state index contributed by atoms with van der Waals surface area (Å²) in [6.07, 6.45) is 3.85. The normalized spacial score (nSPS) is 18.8. The van der Waals surface area contributed by atoms with Gasteiger partial charge in [-0.1, -0.05) is 26.7 Å². The van der Waals surface area contributed by atoms with E-state index in [0.29, 0.717) is 5.92 Å². The summed E-state index contributed by atoms with van der Waals surface area (Å²) in [5.41, 5.74) is 0. The first-order valence-electron chi connectivity index (χ1n) is 5.07. The topological polar surface area (TPSA) is 29.1 Å². The zero-order chi connectivity index (χ0) is 9.84. The maximum absolute atomic E-state index is 11.4. The summed E-state index contributed by atoms with van der Waals surface area (Å²) in [5.74, 6) is 1.28. The van der Waals surface area contributed by atoms with E-state index < -0.39 is 0 Å². The molecule has 0 aliphatic heterocycles. The molecule has 1 fully saturated rings. The summed E-state index contributed by atoms with van der Waals surface area (Å²) >= 11 is 4.25. The van der Waals surface area contributed by atoms with Gasteiger partial charge in [0, 0.05) is 6.54 Å². The highest BCUT2D eigenvalue weighted by molar-refractivity contribution is 7.81. The molecule has 0 heterocycles. The molecule has 1 saturated carbocycles. The summed E-state index contributed by atoms with van der Waals surface area (Å²) in [6, 6.07) is 0. The highest BCUT2D eigenvalue weighted by Gasteiger charge is 2.22. The second-order valence-corrected chi connectivity index (χ2v) is 4.77. The number of hydrogen-bond acceptors (Lipinski definition) is 2. The number of rotatable bonds is 5. The van der Waals surface area contributed by atoms with Gasteiger partial charge in [-0.3, -0.25) is 4.79 Å². The lowest BCUT2D eigenvalue weighted by molar-refractivity contribution is -0.121. The van der Waals surface area contributed by atoms with Crippen molar-refractivity contribution in [3.63, 3.8) is 0 Å². The first-order chi connectivity index (χ1) is 6.11. The molecule has 13 heavy (non-hydrogen) atoms. The molecule has 0 aromatic carbocycles. The van der Waals surface area contributed by atoms with Gasteiger partial charge in [0.2, 0.25) is 5.91 Å². The maximum atomic E-state index is 11.4. The van der Waals surface area contributed by atoms with Gasteiger partial charge in [-0.25, -0.2) is 0 Å². The van der Waals surface area contributed by atoms with E-state index in [9.17, 15) is 4.79 Å². The van der Waals surface area contributed by atoms with E-state index in [1.807, 2.05) is 13.8 Å². The van der Waals surface area contributed by atoms with Gasteiger partial charge in [0.05, 0.1) is 5.25 Å². The first-order valence-corrected chi connectivity index (χ1v) is 5.58. The minimum atomic E-state index is -0.154. The molecule has 1 aliphatic carbocycles. The second kappa shape index (κ2) is 4.89. The minimum absolute atomic E-state index is 0.0824. The molecular formula is C10H19NOS. The lowest BCUT2D eigenvalue weighted by Crippen LogP contribution is -2.35. The van der Waals surface area contributed by atoms with Crippen LogP contribution in [0.1, 0.15) is 33.1 Å². The monoisotopic (exact) mass is 201 g/mol. The van der Waals surface area contributed by atoms with Gasteiger partial charge < -0.3 is 5.32 Å². The Bertz CT molecular complexity index is 178. The van der Waals surface area contributed by atoms with Crippen LogP contribution in [0.4, 0.5) is 0 Å². The van der Waals surface area contributed by atoms with Gasteiger partial charge in [0.1, 0.15) is 0 Å². The van der Waals surface area contributed by atoms with Crippen molar-refractivity contribution in [2.24, 2.45) is 11.8 Å². The average molecular weight is 201 g/mol. The van der Waals surface area contributed by atoms with Crippen LogP contribution in [0, 0.1) is 11.8 Å². The molecule has 1 atom stereocenters. The molecule has 0 spiro atoms. The van der Waals surface area contributed by atoms with E-state index in [1.165, 1.54) is 12.8 Å². The van der Waals surface area contributed by atoms with Crippen molar-refractivity contribution in [3.05, 3.63) is 0 Å². The van der Waals surface area contributed by atoms with Crippen LogP contribution in [-0.2, 0) is 4.79 Å². The number of thiol groups is 1. The van der Waals surface area contributed by atoms with E-state index in [1.54, 1.807) is 0 Å². The van der Waals surface area contributed by atoms with Gasteiger partial charge in [-0.15, -0.1) is 0 Å². The third kappa shape index (κ3) is 4.03. The van der Waals surface area contributed by atoms with E-state index in [2.05, 4.69) is 17.9 Å². The van der Waals surface area contributed by atoms with Crippen molar-refractivity contribution >= 4 is 18.5 Å². The molecule has 0 saturated heterocycles. The molecule has 3 heteroatoms. The third-order valence-electron chi connectivity index (χ3n) is 2.45. The Morgan fingerprint density at radius 1 is 1.54 bits per heavy atom. The van der Waals surface area contributed by atoms with E-state index in [-0.39, 0.29) is 11.2 Å². The Balaban J connectivity index is 2.08. The van der Waals surface area contributed by atoms with Gasteiger partial charge in [-0.2, -0.15) is 12.6 Å². The molecule has 0 aromatic rings. The fourth-order valence-corrected chi connectivity index (χ4v) is 1.30. The summed E-state index contributed by atoms with van der Waals surface area (Å²) in [5, 5.41) is 2.77. The van der Waals surface area contributed by atoms with Crippen molar-refractivity contribution < 1.29 is 4.79 Å². The number of hydrogen-bond donors (Lipinski definition) is 2. The lowest BCUT2D eigenvalue weighted by atomic mass is 10.1. The Kier molecular flexibility index (Phi) is 4.10. The number of carbonyl (C=O) groups excluding carboxylic acids is 1. The molecule has 1 N–H and O–H groups in total. The van der Waals surface area contributed by atoms with Crippen LogP contribution in [0.2, 0.25) is 0 Å². The van der Waals surface area contributed by atoms with Crippen LogP contribution < -0.4 is 5.32 Å². The quantitative estimate of drug-likeness (QED) is 0.653. The Morgan fingerprint density at radius 2 is 2.15 bits per heavy atom. The van der Waals surface area contributed by atoms with Gasteiger partial charge in [0.15, 0.2) is 0 Å². The third-order valence-corrected chi connectivity index (χ3v) is 3.28. The van der Waals surface area contributed by atoms with Crippen LogP contribution in [-0.4, -0.2) is 17.7 Å². The van der Waals surface area contributed by atoms with Crippen molar-refractivity contribution in [2.75, 3.05) is 6.54 Å². The Hall–Kier alpha value is -0.180. The van der Waals surface area contributed by atoms with Crippen LogP contribution in [0.15, 0.2) is 0 Å². The van der Waals surface area contributed by atoms with Crippen LogP contribution in [0.25, 0.3) is 0 Å².